The molecule has 0 atom stereocenters. The maximum Gasteiger partial charge on any atom is 0.217 e. The average Bonchev–Trinajstić information content (AvgIpc) is 2.52. The molecule has 0 aromatic heterocycles. The molecule has 0 saturated heterocycles. The van der Waals surface area contributed by atoms with Crippen molar-refractivity contribution in [3.8, 4) is 0 Å². The summed E-state index contributed by atoms with van der Waals surface area (Å²) in [5.74, 6) is 0. The van der Waals surface area contributed by atoms with Crippen LogP contribution in [0.25, 0.3) is 0 Å². The fourth-order valence-electron chi connectivity index (χ4n) is 3.15. The number of hydrogen-bond acceptors (Lipinski definition) is 4. The number of unbranched alkanes of at least 4 members (excludes halogenated alkanes) is 11. The van der Waals surface area contributed by atoms with Crippen LogP contribution >= 0.6 is 0 Å². The Morgan fingerprint density at radius 2 is 1.12 bits per heavy atom. The van der Waals surface area contributed by atoms with Crippen molar-refractivity contribution >= 4 is 10.4 Å². The number of quaternary nitrogens is 1. The highest BCUT2D eigenvalue weighted by Gasteiger charge is 2.14. The molecule has 0 spiro atoms. The smallest absolute Gasteiger partial charge is 0.217 e. The Bertz CT molecular complexity index is 396. The van der Waals surface area contributed by atoms with Crippen LogP contribution in [0.5, 0.6) is 0 Å². The lowest BCUT2D eigenvalue weighted by molar-refractivity contribution is -0.890. The molecule has 0 aromatic rings. The van der Waals surface area contributed by atoms with Gasteiger partial charge in [0.15, 0.2) is 0 Å². The molecule has 0 heterocycles. The van der Waals surface area contributed by atoms with E-state index in [1.165, 1.54) is 77.0 Å². The van der Waals surface area contributed by atoms with E-state index in [2.05, 4.69) is 25.2 Å². The van der Waals surface area contributed by atoms with Gasteiger partial charge < -0.3 is 9.04 Å². The largest absolute Gasteiger partial charge is 0.726 e. The number of rotatable bonds is 18. The Hall–Kier alpha value is -0.170. The van der Waals surface area contributed by atoms with Crippen LogP contribution in [-0.4, -0.2) is 51.2 Å². The number of hydrogen-bond donors (Lipinski definition) is 0. The van der Waals surface area contributed by atoms with Gasteiger partial charge in [0.25, 0.3) is 0 Å². The predicted octanol–water partition coefficient (Wildman–Crippen LogP) is 4.63. The molecular formula is C19H41NO4S. The van der Waals surface area contributed by atoms with Gasteiger partial charge in [0.1, 0.15) is 0 Å². The highest BCUT2D eigenvalue weighted by Crippen LogP contribution is 2.13. The average molecular weight is 380 g/mol. The summed E-state index contributed by atoms with van der Waals surface area (Å²) in [6.45, 7) is 4.16. The zero-order valence-corrected chi connectivity index (χ0v) is 17.6. The Morgan fingerprint density at radius 1 is 0.720 bits per heavy atom. The molecule has 0 amide bonds. The summed E-state index contributed by atoms with van der Waals surface area (Å²) >= 11 is 0. The first kappa shape index (κ1) is 24.8. The van der Waals surface area contributed by atoms with Gasteiger partial charge >= 0.3 is 0 Å². The molecule has 0 aliphatic heterocycles. The van der Waals surface area contributed by atoms with Gasteiger partial charge in [0.2, 0.25) is 10.4 Å². The lowest BCUT2D eigenvalue weighted by Gasteiger charge is -2.30. The fraction of sp³-hybridized carbons (Fsp3) is 1.00. The third-order valence-corrected chi connectivity index (χ3v) is 5.21. The first-order valence-electron chi connectivity index (χ1n) is 10.2. The zero-order chi connectivity index (χ0) is 19.0. The van der Waals surface area contributed by atoms with Crippen LogP contribution in [0.15, 0.2) is 0 Å². The monoisotopic (exact) mass is 379 g/mol. The van der Waals surface area contributed by atoms with Crippen LogP contribution in [-0.2, 0) is 14.6 Å². The van der Waals surface area contributed by atoms with Crippen molar-refractivity contribution < 1.29 is 21.6 Å². The van der Waals surface area contributed by atoms with Crippen molar-refractivity contribution in [2.24, 2.45) is 0 Å². The van der Waals surface area contributed by atoms with Gasteiger partial charge in [-0.15, -0.1) is 0 Å². The van der Waals surface area contributed by atoms with E-state index < -0.39 is 10.4 Å². The van der Waals surface area contributed by atoms with Crippen LogP contribution in [0.2, 0.25) is 0 Å². The van der Waals surface area contributed by atoms with Crippen molar-refractivity contribution in [2.45, 2.75) is 90.4 Å². The molecule has 0 bridgehead atoms. The summed E-state index contributed by atoms with van der Waals surface area (Å²) in [6, 6.07) is 0. The van der Waals surface area contributed by atoms with E-state index in [9.17, 15) is 13.0 Å². The number of nitrogens with zero attached hydrogens (tertiary/aromatic N) is 1. The zero-order valence-electron chi connectivity index (χ0n) is 16.8. The second kappa shape index (κ2) is 14.9. The first-order chi connectivity index (χ1) is 11.8. The summed E-state index contributed by atoms with van der Waals surface area (Å²) in [4.78, 5) is 0. The van der Waals surface area contributed by atoms with Crippen molar-refractivity contribution in [3.63, 3.8) is 0 Å². The van der Waals surface area contributed by atoms with Crippen molar-refractivity contribution in [1.82, 2.24) is 0 Å². The van der Waals surface area contributed by atoms with Gasteiger partial charge in [-0.1, -0.05) is 71.1 Å². The first-order valence-corrected chi connectivity index (χ1v) is 11.5. The minimum atomic E-state index is -4.54. The molecule has 0 unspecified atom stereocenters. The van der Waals surface area contributed by atoms with Crippen LogP contribution < -0.4 is 0 Å². The molecule has 0 aliphatic rings. The third kappa shape index (κ3) is 20.0. The van der Waals surface area contributed by atoms with Crippen LogP contribution in [0.1, 0.15) is 90.4 Å². The van der Waals surface area contributed by atoms with E-state index in [1.807, 2.05) is 0 Å². The van der Waals surface area contributed by atoms with Crippen molar-refractivity contribution in [2.75, 3.05) is 33.8 Å². The Labute approximate surface area is 156 Å². The van der Waals surface area contributed by atoms with Gasteiger partial charge in [0.05, 0.1) is 33.8 Å². The third-order valence-electron chi connectivity index (χ3n) is 4.75. The minimum absolute atomic E-state index is 0.00798. The maximum absolute atomic E-state index is 10.4. The van der Waals surface area contributed by atoms with E-state index in [0.29, 0.717) is 6.42 Å². The standard InChI is InChI=1S/C19H41NO4S/c1-4-5-6-7-8-9-10-11-12-13-14-15-17-20(2,3)18-16-19-24-25(21,22)23/h4-19H2,1-3H3. The lowest BCUT2D eigenvalue weighted by Crippen LogP contribution is -2.41. The Morgan fingerprint density at radius 3 is 1.56 bits per heavy atom. The van der Waals surface area contributed by atoms with Gasteiger partial charge in [-0.2, -0.15) is 0 Å². The summed E-state index contributed by atoms with van der Waals surface area (Å²) in [7, 11) is -0.253. The van der Waals surface area contributed by atoms with Crippen LogP contribution in [0.4, 0.5) is 0 Å². The molecular weight excluding hydrogens is 338 g/mol. The SMILES string of the molecule is CCCCCCCCCCCCCC[N+](C)(C)CCCOS(=O)(=O)[O-]. The minimum Gasteiger partial charge on any atom is -0.726 e. The van der Waals surface area contributed by atoms with Crippen molar-refractivity contribution in [3.05, 3.63) is 0 Å². The summed E-state index contributed by atoms with van der Waals surface area (Å²) in [5, 5.41) is 0. The second-order valence-electron chi connectivity index (χ2n) is 7.86. The summed E-state index contributed by atoms with van der Waals surface area (Å²) < 4.78 is 36.2. The Kier molecular flexibility index (Phi) is 14.8. The second-order valence-corrected chi connectivity index (χ2v) is 8.91. The fourth-order valence-corrected chi connectivity index (χ4v) is 3.47. The van der Waals surface area contributed by atoms with Gasteiger partial charge in [-0.25, -0.2) is 8.42 Å². The van der Waals surface area contributed by atoms with Gasteiger partial charge in [-0.3, -0.25) is 4.18 Å². The molecule has 152 valence electrons. The normalized spacial score (nSPS) is 12.6. The summed E-state index contributed by atoms with van der Waals surface area (Å²) in [5.41, 5.74) is 0. The Balaban J connectivity index is 3.39. The van der Waals surface area contributed by atoms with Crippen LogP contribution in [0.3, 0.4) is 0 Å². The topological polar surface area (TPSA) is 66.4 Å². The predicted molar refractivity (Wildman–Crippen MR) is 103 cm³/mol. The van der Waals surface area contributed by atoms with Gasteiger partial charge in [-0.05, 0) is 12.8 Å². The van der Waals surface area contributed by atoms with Crippen LogP contribution in [0, 0.1) is 0 Å². The molecule has 0 aliphatic carbocycles. The molecule has 0 rings (SSSR count). The van der Waals surface area contributed by atoms with E-state index in [-0.39, 0.29) is 6.61 Å². The van der Waals surface area contributed by atoms with Crippen molar-refractivity contribution in [1.29, 1.82) is 0 Å². The van der Waals surface area contributed by atoms with Gasteiger partial charge in [0, 0.05) is 6.42 Å². The van der Waals surface area contributed by atoms with E-state index >= 15 is 0 Å². The molecule has 0 radical (unpaired) electrons. The van der Waals surface area contributed by atoms with E-state index in [1.54, 1.807) is 0 Å². The molecule has 0 fully saturated rings. The highest BCUT2D eigenvalue weighted by atomic mass is 32.3. The lowest BCUT2D eigenvalue weighted by atomic mass is 10.1. The molecule has 5 nitrogen and oxygen atoms in total. The maximum atomic E-state index is 10.4. The van der Waals surface area contributed by atoms with E-state index in [4.69, 9.17) is 0 Å². The molecule has 0 saturated carbocycles. The summed E-state index contributed by atoms with van der Waals surface area (Å²) in [6.07, 6.45) is 16.8. The highest BCUT2D eigenvalue weighted by molar-refractivity contribution is 7.80. The molecule has 6 heteroatoms. The van der Waals surface area contributed by atoms with E-state index in [0.717, 1.165) is 17.6 Å². The molecule has 25 heavy (non-hydrogen) atoms. The quantitative estimate of drug-likeness (QED) is 0.151. The molecule has 0 N–H and O–H groups in total. The molecule has 0 aromatic carbocycles.